The summed E-state index contributed by atoms with van der Waals surface area (Å²) in [5.41, 5.74) is 6.68. The summed E-state index contributed by atoms with van der Waals surface area (Å²) in [6.07, 6.45) is 4.61. The normalized spacial score (nSPS) is 14.2. The Kier molecular flexibility index (Phi) is 4.30. The molecule has 0 bridgehead atoms. The lowest BCUT2D eigenvalue weighted by atomic mass is 9.90. The van der Waals surface area contributed by atoms with Crippen molar-refractivity contribution in [3.05, 3.63) is 41.7 Å². The molecule has 2 amide bonds. The molecule has 0 fully saturated rings. The molecule has 0 atom stereocenters. The molecular weight excluding hydrogens is 328 g/mol. The van der Waals surface area contributed by atoms with Crippen molar-refractivity contribution in [2.75, 3.05) is 25.5 Å². The summed E-state index contributed by atoms with van der Waals surface area (Å²) in [7, 11) is 2.13. The Morgan fingerprint density at radius 1 is 1.38 bits per heavy atom. The van der Waals surface area contributed by atoms with Crippen LogP contribution in [0.3, 0.4) is 0 Å². The highest BCUT2D eigenvalue weighted by atomic mass is 16.2. The number of anilines is 1. The van der Waals surface area contributed by atoms with Crippen molar-refractivity contribution in [3.63, 3.8) is 0 Å². The number of H-pyrrole nitrogens is 1. The van der Waals surface area contributed by atoms with E-state index in [0.29, 0.717) is 12.5 Å². The van der Waals surface area contributed by atoms with E-state index in [9.17, 15) is 4.79 Å². The van der Waals surface area contributed by atoms with E-state index in [1.165, 1.54) is 11.1 Å². The molecule has 0 aliphatic carbocycles. The fraction of sp³-hybridized carbons (Fsp3) is 0.316. The fourth-order valence-electron chi connectivity index (χ4n) is 3.52. The molecule has 1 aromatic carbocycles. The van der Waals surface area contributed by atoms with Crippen LogP contribution in [-0.4, -0.2) is 46.0 Å². The number of urea groups is 1. The molecule has 1 aliphatic heterocycles. The van der Waals surface area contributed by atoms with Gasteiger partial charge in [0.15, 0.2) is 0 Å². The number of benzene rings is 1. The van der Waals surface area contributed by atoms with Crippen molar-refractivity contribution in [3.8, 4) is 11.1 Å². The molecular formula is C19H22N6O. The minimum atomic E-state index is -0.257. The first-order valence-electron chi connectivity index (χ1n) is 8.84. The molecule has 7 heteroatoms. The number of carbonyl (C=O) groups is 1. The van der Waals surface area contributed by atoms with E-state index in [-0.39, 0.29) is 6.03 Å². The van der Waals surface area contributed by atoms with E-state index in [0.717, 1.165) is 41.7 Å². The number of aromatic nitrogens is 3. The topological polar surface area (TPSA) is 85.9 Å². The number of amides is 2. The Bertz CT molecular complexity index is 950. The van der Waals surface area contributed by atoms with Crippen LogP contribution in [0.25, 0.3) is 22.2 Å². The summed E-state index contributed by atoms with van der Waals surface area (Å²) in [6.45, 7) is 4.33. The smallest absolute Gasteiger partial charge is 0.321 e. The van der Waals surface area contributed by atoms with Crippen molar-refractivity contribution >= 4 is 23.0 Å². The summed E-state index contributed by atoms with van der Waals surface area (Å²) >= 11 is 0. The van der Waals surface area contributed by atoms with Crippen LogP contribution in [0.1, 0.15) is 18.1 Å². The van der Waals surface area contributed by atoms with Crippen molar-refractivity contribution in [1.29, 1.82) is 0 Å². The van der Waals surface area contributed by atoms with Gasteiger partial charge in [0, 0.05) is 37.6 Å². The van der Waals surface area contributed by atoms with Gasteiger partial charge in [-0.25, -0.2) is 9.78 Å². The largest absolute Gasteiger partial charge is 0.338 e. The van der Waals surface area contributed by atoms with Gasteiger partial charge in [0.1, 0.15) is 0 Å². The van der Waals surface area contributed by atoms with Gasteiger partial charge in [-0.15, -0.1) is 0 Å². The van der Waals surface area contributed by atoms with E-state index in [1.807, 2.05) is 19.2 Å². The Labute approximate surface area is 151 Å². The Hall–Kier alpha value is -2.93. The zero-order valence-electron chi connectivity index (χ0n) is 15.0. The number of imidazole rings is 1. The van der Waals surface area contributed by atoms with E-state index in [1.54, 1.807) is 6.20 Å². The molecule has 1 aliphatic rings. The van der Waals surface area contributed by atoms with Crippen LogP contribution in [0, 0.1) is 0 Å². The first-order valence-corrected chi connectivity index (χ1v) is 8.84. The number of likely N-dealkylation sites (N-methyl/N-ethyl adjacent to an activating group) is 1. The maximum absolute atomic E-state index is 11.8. The van der Waals surface area contributed by atoms with Gasteiger partial charge in [0.05, 0.1) is 11.0 Å². The van der Waals surface area contributed by atoms with Crippen LogP contribution in [0.15, 0.2) is 30.6 Å². The van der Waals surface area contributed by atoms with E-state index in [2.05, 4.69) is 49.7 Å². The maximum Gasteiger partial charge on any atom is 0.321 e. The number of nitrogens with one attached hydrogen (secondary N) is 3. The number of carbonyl (C=O) groups excluding carboxylic acids is 1. The molecule has 0 unspecified atom stereocenters. The van der Waals surface area contributed by atoms with E-state index < -0.39 is 0 Å². The third-order valence-corrected chi connectivity index (χ3v) is 4.72. The standard InChI is InChI=1S/C19H22N6O/c1-3-21-19(26)24-18-22-16-9-14(12-5-4-7-20-10-12)15-11-25(2)8-6-13(15)17(16)23-18/h4-5,7,9-10H,3,6,8,11H2,1-2H3,(H3,21,22,23,24,26). The molecule has 0 spiro atoms. The molecule has 0 saturated heterocycles. The van der Waals surface area contributed by atoms with Crippen LogP contribution >= 0.6 is 0 Å². The molecule has 3 aromatic rings. The van der Waals surface area contributed by atoms with Crippen LogP contribution in [0.5, 0.6) is 0 Å². The quantitative estimate of drug-likeness (QED) is 0.678. The van der Waals surface area contributed by atoms with Gasteiger partial charge < -0.3 is 15.2 Å². The molecule has 2 aromatic heterocycles. The SMILES string of the molecule is CCNC(=O)Nc1nc2cc(-c3cccnc3)c3c(c2[nH]1)CCN(C)C3. The number of fused-ring (bicyclic) bond motifs is 3. The molecule has 3 heterocycles. The lowest BCUT2D eigenvalue weighted by Crippen LogP contribution is -2.28. The summed E-state index contributed by atoms with van der Waals surface area (Å²) in [4.78, 5) is 26.3. The molecule has 7 nitrogen and oxygen atoms in total. The van der Waals surface area contributed by atoms with Gasteiger partial charge in [0.2, 0.25) is 5.95 Å². The van der Waals surface area contributed by atoms with E-state index in [4.69, 9.17) is 0 Å². The van der Waals surface area contributed by atoms with Crippen LogP contribution in [0.2, 0.25) is 0 Å². The second-order valence-electron chi connectivity index (χ2n) is 6.57. The highest BCUT2D eigenvalue weighted by Gasteiger charge is 2.22. The second-order valence-corrected chi connectivity index (χ2v) is 6.57. The van der Waals surface area contributed by atoms with Gasteiger partial charge in [-0.2, -0.15) is 0 Å². The second kappa shape index (κ2) is 6.76. The number of rotatable bonds is 3. The fourth-order valence-corrected chi connectivity index (χ4v) is 3.52. The summed E-state index contributed by atoms with van der Waals surface area (Å²) in [6, 6.07) is 5.85. The Balaban J connectivity index is 1.84. The van der Waals surface area contributed by atoms with Gasteiger partial charge in [-0.1, -0.05) is 6.07 Å². The van der Waals surface area contributed by atoms with E-state index >= 15 is 0 Å². The Morgan fingerprint density at radius 2 is 2.27 bits per heavy atom. The lowest BCUT2D eigenvalue weighted by Gasteiger charge is -2.27. The number of nitrogens with zero attached hydrogens (tertiary/aromatic N) is 3. The minimum Gasteiger partial charge on any atom is -0.338 e. The minimum absolute atomic E-state index is 0.257. The third kappa shape index (κ3) is 3.01. The van der Waals surface area contributed by atoms with Crippen molar-refractivity contribution in [1.82, 2.24) is 25.2 Å². The molecule has 26 heavy (non-hydrogen) atoms. The number of pyridine rings is 1. The van der Waals surface area contributed by atoms with Crippen LogP contribution in [0.4, 0.5) is 10.7 Å². The highest BCUT2D eigenvalue weighted by molar-refractivity contribution is 5.93. The number of hydrogen-bond donors (Lipinski definition) is 3. The average molecular weight is 350 g/mol. The molecule has 4 rings (SSSR count). The predicted octanol–water partition coefficient (Wildman–Crippen LogP) is 2.75. The highest BCUT2D eigenvalue weighted by Crippen LogP contribution is 2.35. The molecule has 0 saturated carbocycles. The van der Waals surface area contributed by atoms with Gasteiger partial charge in [0.25, 0.3) is 0 Å². The van der Waals surface area contributed by atoms with Gasteiger partial charge >= 0.3 is 6.03 Å². The van der Waals surface area contributed by atoms with Crippen molar-refractivity contribution < 1.29 is 4.79 Å². The lowest BCUT2D eigenvalue weighted by molar-refractivity contribution is 0.252. The van der Waals surface area contributed by atoms with Crippen LogP contribution < -0.4 is 10.6 Å². The number of aromatic amines is 1. The monoisotopic (exact) mass is 350 g/mol. The maximum atomic E-state index is 11.8. The molecule has 3 N–H and O–H groups in total. The molecule has 134 valence electrons. The van der Waals surface area contributed by atoms with Crippen LogP contribution in [-0.2, 0) is 13.0 Å². The summed E-state index contributed by atoms with van der Waals surface area (Å²) < 4.78 is 0. The first kappa shape index (κ1) is 16.5. The predicted molar refractivity (Wildman–Crippen MR) is 102 cm³/mol. The summed E-state index contributed by atoms with van der Waals surface area (Å²) in [5.74, 6) is 0.468. The molecule has 0 radical (unpaired) electrons. The van der Waals surface area contributed by atoms with Crippen molar-refractivity contribution in [2.24, 2.45) is 0 Å². The summed E-state index contributed by atoms with van der Waals surface area (Å²) in [5, 5.41) is 5.49. The van der Waals surface area contributed by atoms with Crippen molar-refractivity contribution in [2.45, 2.75) is 19.9 Å². The van der Waals surface area contributed by atoms with Gasteiger partial charge in [-0.3, -0.25) is 10.3 Å². The zero-order valence-corrected chi connectivity index (χ0v) is 15.0. The first-order chi connectivity index (χ1) is 12.7. The zero-order chi connectivity index (χ0) is 18.1. The third-order valence-electron chi connectivity index (χ3n) is 4.72. The number of hydrogen-bond acceptors (Lipinski definition) is 4. The van der Waals surface area contributed by atoms with Gasteiger partial charge in [-0.05, 0) is 49.2 Å². The Morgan fingerprint density at radius 3 is 3.04 bits per heavy atom. The average Bonchev–Trinajstić information content (AvgIpc) is 3.04.